The third-order valence-corrected chi connectivity index (χ3v) is 3.62. The highest BCUT2D eigenvalue weighted by Crippen LogP contribution is 2.17. The number of rotatable bonds is 2. The van der Waals surface area contributed by atoms with Crippen molar-refractivity contribution in [2.75, 3.05) is 12.6 Å². The lowest BCUT2D eigenvalue weighted by atomic mass is 9.95. The predicted octanol–water partition coefficient (Wildman–Crippen LogP) is 3.76. The Bertz CT molecular complexity index is 888. The molecule has 24 heavy (non-hydrogen) atoms. The highest BCUT2D eigenvalue weighted by Gasteiger charge is 2.16. The van der Waals surface area contributed by atoms with Crippen molar-refractivity contribution in [3.05, 3.63) is 78.0 Å². The number of allylic oxidation sites excluding steroid dienone is 2. The van der Waals surface area contributed by atoms with Crippen LogP contribution in [0.5, 0.6) is 0 Å². The predicted molar refractivity (Wildman–Crippen MR) is 93.2 cm³/mol. The Kier molecular flexibility index (Phi) is 4.54. The molecule has 2 aromatic carbocycles. The molecule has 2 N–H and O–H groups in total. The van der Waals surface area contributed by atoms with Gasteiger partial charge < -0.3 is 4.98 Å². The fourth-order valence-corrected chi connectivity index (χ4v) is 2.47. The summed E-state index contributed by atoms with van der Waals surface area (Å²) >= 11 is 0. The van der Waals surface area contributed by atoms with E-state index in [1.807, 2.05) is 30.5 Å². The number of aromatic nitrogens is 1. The molecule has 120 valence electrons. The molecular weight excluding hydrogens is 304 g/mol. The van der Waals surface area contributed by atoms with E-state index in [9.17, 15) is 9.59 Å². The quantitative estimate of drug-likeness (QED) is 0.705. The van der Waals surface area contributed by atoms with Gasteiger partial charge in [0.2, 0.25) is 0 Å². The molecule has 0 spiro atoms. The number of nitrogens with one attached hydrogen (secondary N) is 2. The summed E-state index contributed by atoms with van der Waals surface area (Å²) in [5, 5.41) is 1.21. The molecule has 3 aromatic rings. The SMILES string of the molecule is CONc1ccc2cc[nH]c2c1.O=C1C=CC(=O)c2ccccc21. The van der Waals surface area contributed by atoms with Gasteiger partial charge in [-0.3, -0.25) is 19.9 Å². The minimum absolute atomic E-state index is 0.0924. The van der Waals surface area contributed by atoms with Crippen LogP contribution in [0.15, 0.2) is 66.9 Å². The van der Waals surface area contributed by atoms with E-state index in [1.54, 1.807) is 31.4 Å². The fraction of sp³-hybridized carbons (Fsp3) is 0.0526. The minimum atomic E-state index is -0.0924. The Balaban J connectivity index is 0.000000141. The molecule has 0 aliphatic heterocycles. The van der Waals surface area contributed by atoms with Crippen LogP contribution in [0, 0.1) is 0 Å². The van der Waals surface area contributed by atoms with Crippen LogP contribution in [0.25, 0.3) is 10.9 Å². The summed E-state index contributed by atoms with van der Waals surface area (Å²) < 4.78 is 0. The fourth-order valence-electron chi connectivity index (χ4n) is 2.47. The van der Waals surface area contributed by atoms with Crippen LogP contribution in [0.3, 0.4) is 0 Å². The van der Waals surface area contributed by atoms with Crippen molar-refractivity contribution in [3.8, 4) is 0 Å². The Labute approximate surface area is 138 Å². The zero-order valence-corrected chi connectivity index (χ0v) is 13.1. The van der Waals surface area contributed by atoms with E-state index >= 15 is 0 Å². The summed E-state index contributed by atoms with van der Waals surface area (Å²) in [6.07, 6.45) is 4.54. The zero-order chi connectivity index (χ0) is 16.9. The number of ketones is 2. The average Bonchev–Trinajstić information content (AvgIpc) is 3.07. The second kappa shape index (κ2) is 6.93. The lowest BCUT2D eigenvalue weighted by Crippen LogP contribution is -2.10. The van der Waals surface area contributed by atoms with E-state index in [0.29, 0.717) is 11.1 Å². The third-order valence-electron chi connectivity index (χ3n) is 3.62. The van der Waals surface area contributed by atoms with Gasteiger partial charge in [-0.2, -0.15) is 0 Å². The van der Waals surface area contributed by atoms with Gasteiger partial charge in [0.15, 0.2) is 11.6 Å². The lowest BCUT2D eigenvalue weighted by Gasteiger charge is -2.06. The zero-order valence-electron chi connectivity index (χ0n) is 13.1. The van der Waals surface area contributed by atoms with Gasteiger partial charge in [-0.25, -0.2) is 0 Å². The number of fused-ring (bicyclic) bond motifs is 2. The van der Waals surface area contributed by atoms with Gasteiger partial charge in [0, 0.05) is 22.8 Å². The summed E-state index contributed by atoms with van der Waals surface area (Å²) in [5.74, 6) is -0.185. The summed E-state index contributed by atoms with van der Waals surface area (Å²) in [6.45, 7) is 0. The van der Waals surface area contributed by atoms with E-state index in [1.165, 1.54) is 17.5 Å². The van der Waals surface area contributed by atoms with E-state index in [2.05, 4.69) is 10.5 Å². The lowest BCUT2D eigenvalue weighted by molar-refractivity contribution is 0.0994. The molecule has 1 aromatic heterocycles. The van der Waals surface area contributed by atoms with Crippen molar-refractivity contribution < 1.29 is 14.4 Å². The molecule has 0 unspecified atom stereocenters. The largest absolute Gasteiger partial charge is 0.361 e. The first kappa shape index (κ1) is 15.7. The molecule has 0 atom stereocenters. The van der Waals surface area contributed by atoms with Crippen molar-refractivity contribution in [2.24, 2.45) is 0 Å². The van der Waals surface area contributed by atoms with Crippen LogP contribution in [0.4, 0.5) is 5.69 Å². The Morgan fingerprint density at radius 3 is 2.21 bits per heavy atom. The van der Waals surface area contributed by atoms with Gasteiger partial charge in [0.25, 0.3) is 0 Å². The van der Waals surface area contributed by atoms with Crippen LogP contribution in [0.1, 0.15) is 20.7 Å². The summed E-state index contributed by atoms with van der Waals surface area (Å²) in [7, 11) is 1.60. The molecule has 0 saturated heterocycles. The van der Waals surface area contributed by atoms with Crippen LogP contribution in [-0.2, 0) is 4.84 Å². The molecule has 4 rings (SSSR count). The highest BCUT2D eigenvalue weighted by atomic mass is 16.6. The second-order valence-corrected chi connectivity index (χ2v) is 5.19. The number of aromatic amines is 1. The third kappa shape index (κ3) is 3.26. The minimum Gasteiger partial charge on any atom is -0.361 e. The topological polar surface area (TPSA) is 71.2 Å². The number of carbonyl (C=O) groups excluding carboxylic acids is 2. The first-order valence-electron chi connectivity index (χ1n) is 7.41. The summed E-state index contributed by atoms with van der Waals surface area (Å²) in [5.41, 5.74) is 5.84. The first-order chi connectivity index (χ1) is 11.7. The smallest absolute Gasteiger partial charge is 0.186 e. The molecule has 0 amide bonds. The number of carbonyl (C=O) groups is 2. The van der Waals surface area contributed by atoms with Crippen molar-refractivity contribution in [2.45, 2.75) is 0 Å². The normalized spacial score (nSPS) is 12.5. The van der Waals surface area contributed by atoms with Crippen LogP contribution < -0.4 is 5.48 Å². The monoisotopic (exact) mass is 320 g/mol. The molecule has 0 saturated carbocycles. The Morgan fingerprint density at radius 2 is 1.58 bits per heavy atom. The van der Waals surface area contributed by atoms with E-state index in [0.717, 1.165) is 11.2 Å². The second-order valence-electron chi connectivity index (χ2n) is 5.19. The molecule has 0 radical (unpaired) electrons. The van der Waals surface area contributed by atoms with Crippen molar-refractivity contribution in [3.63, 3.8) is 0 Å². The van der Waals surface area contributed by atoms with Crippen LogP contribution >= 0.6 is 0 Å². The van der Waals surface area contributed by atoms with E-state index < -0.39 is 0 Å². The number of hydrogen-bond donors (Lipinski definition) is 2. The maximum Gasteiger partial charge on any atom is 0.186 e. The number of anilines is 1. The van der Waals surface area contributed by atoms with Crippen LogP contribution in [0.2, 0.25) is 0 Å². The first-order valence-corrected chi connectivity index (χ1v) is 7.41. The molecule has 1 aliphatic carbocycles. The van der Waals surface area contributed by atoms with Crippen molar-refractivity contribution in [1.82, 2.24) is 4.98 Å². The molecule has 5 nitrogen and oxygen atoms in total. The van der Waals surface area contributed by atoms with Crippen molar-refractivity contribution >= 4 is 28.2 Å². The van der Waals surface area contributed by atoms with Gasteiger partial charge in [-0.15, -0.1) is 0 Å². The molecule has 5 heteroatoms. The average molecular weight is 320 g/mol. The highest BCUT2D eigenvalue weighted by molar-refractivity contribution is 6.21. The van der Waals surface area contributed by atoms with E-state index in [-0.39, 0.29) is 11.6 Å². The number of benzene rings is 2. The Morgan fingerprint density at radius 1 is 0.917 bits per heavy atom. The maximum atomic E-state index is 11.2. The molecular formula is C19H16N2O3. The van der Waals surface area contributed by atoms with Gasteiger partial charge in [-0.05, 0) is 35.7 Å². The molecule has 0 fully saturated rings. The standard InChI is InChI=1S/C10H6O2.C9H10N2O/c11-9-5-6-10(12)8-4-2-1-3-7(8)9;1-12-11-8-3-2-7-4-5-10-9(7)6-8/h1-6H;2-6,10-11H,1H3. The summed E-state index contributed by atoms with van der Waals surface area (Å²) in [4.78, 5) is 30.3. The molecule has 1 heterocycles. The van der Waals surface area contributed by atoms with Gasteiger partial charge in [-0.1, -0.05) is 30.3 Å². The van der Waals surface area contributed by atoms with Gasteiger partial charge >= 0.3 is 0 Å². The van der Waals surface area contributed by atoms with Gasteiger partial charge in [0.05, 0.1) is 12.8 Å². The van der Waals surface area contributed by atoms with Crippen molar-refractivity contribution in [1.29, 1.82) is 0 Å². The molecule has 1 aliphatic rings. The van der Waals surface area contributed by atoms with Gasteiger partial charge in [0.1, 0.15) is 0 Å². The van der Waals surface area contributed by atoms with Crippen LogP contribution in [-0.4, -0.2) is 23.7 Å². The van der Waals surface area contributed by atoms with E-state index in [4.69, 9.17) is 4.84 Å². The summed E-state index contributed by atoms with van der Waals surface area (Å²) in [6, 6.07) is 14.9. The Hall–Kier alpha value is -3.18. The number of H-pyrrole nitrogens is 1. The molecule has 0 bridgehead atoms. The maximum absolute atomic E-state index is 11.2. The number of hydrogen-bond acceptors (Lipinski definition) is 4.